The highest BCUT2D eigenvalue weighted by Gasteiger charge is 2.31. The van der Waals surface area contributed by atoms with E-state index in [2.05, 4.69) is 26.9 Å². The summed E-state index contributed by atoms with van der Waals surface area (Å²) in [6.45, 7) is 1.65. The lowest BCUT2D eigenvalue weighted by molar-refractivity contribution is -0.127. The molecule has 0 spiro atoms. The quantitative estimate of drug-likeness (QED) is 0.742. The first-order valence-electron chi connectivity index (χ1n) is 9.18. The second-order valence-electron chi connectivity index (χ2n) is 6.81. The molecule has 0 aliphatic carbocycles. The molecular weight excluding hydrogens is 398 g/mol. The van der Waals surface area contributed by atoms with Crippen LogP contribution in [0, 0.1) is 0 Å². The number of rotatable bonds is 4. The van der Waals surface area contributed by atoms with E-state index in [1.807, 2.05) is 36.0 Å². The molecule has 7 heteroatoms. The summed E-state index contributed by atoms with van der Waals surface area (Å²) in [6.07, 6.45) is 2.90. The van der Waals surface area contributed by atoms with E-state index >= 15 is 0 Å². The van der Waals surface area contributed by atoms with E-state index in [1.54, 1.807) is 11.3 Å². The maximum absolute atomic E-state index is 13.1. The zero-order valence-corrected chi connectivity index (χ0v) is 17.4. The van der Waals surface area contributed by atoms with E-state index in [1.165, 1.54) is 10.4 Å². The van der Waals surface area contributed by atoms with E-state index < -0.39 is 0 Å². The molecule has 142 valence electrons. The molecule has 0 bridgehead atoms. The molecule has 1 aromatic heterocycles. The fourth-order valence-electron chi connectivity index (χ4n) is 3.58. The predicted molar refractivity (Wildman–Crippen MR) is 115 cm³/mol. The van der Waals surface area contributed by atoms with Gasteiger partial charge in [0.1, 0.15) is 6.04 Å². The van der Waals surface area contributed by atoms with Crippen molar-refractivity contribution in [2.45, 2.75) is 31.8 Å². The van der Waals surface area contributed by atoms with E-state index in [0.29, 0.717) is 5.02 Å². The highest BCUT2D eigenvalue weighted by molar-refractivity contribution is 7.99. The van der Waals surface area contributed by atoms with Crippen LogP contribution in [0.3, 0.4) is 0 Å². The van der Waals surface area contributed by atoms with Gasteiger partial charge >= 0.3 is 0 Å². The average molecular weight is 420 g/mol. The van der Waals surface area contributed by atoms with E-state index in [0.717, 1.165) is 55.1 Å². The minimum Gasteiger partial charge on any atom is -0.284 e. The van der Waals surface area contributed by atoms with E-state index in [4.69, 9.17) is 11.6 Å². The minimum absolute atomic E-state index is 0.0678. The van der Waals surface area contributed by atoms with Gasteiger partial charge in [-0.2, -0.15) is 16.9 Å². The first-order chi connectivity index (χ1) is 13.2. The largest absolute Gasteiger partial charge is 0.284 e. The highest BCUT2D eigenvalue weighted by atomic mass is 35.5. The molecule has 1 saturated heterocycles. The van der Waals surface area contributed by atoms with Crippen molar-refractivity contribution in [3.8, 4) is 0 Å². The summed E-state index contributed by atoms with van der Waals surface area (Å²) in [5, 5.41) is 7.24. The lowest BCUT2D eigenvalue weighted by atomic mass is 10.0. The van der Waals surface area contributed by atoms with Crippen LogP contribution in [0.1, 0.15) is 34.9 Å². The summed E-state index contributed by atoms with van der Waals surface area (Å²) in [5.41, 5.74) is 6.22. The summed E-state index contributed by atoms with van der Waals surface area (Å²) >= 11 is 9.81. The number of thiophene rings is 1. The van der Waals surface area contributed by atoms with Crippen molar-refractivity contribution in [3.63, 3.8) is 0 Å². The van der Waals surface area contributed by atoms with Crippen LogP contribution in [-0.2, 0) is 17.8 Å². The summed E-state index contributed by atoms with van der Waals surface area (Å²) in [4.78, 5) is 16.8. The second-order valence-corrected chi connectivity index (χ2v) is 9.47. The smallest absolute Gasteiger partial charge is 0.262 e. The number of benzene rings is 1. The van der Waals surface area contributed by atoms with Crippen molar-refractivity contribution < 1.29 is 4.79 Å². The number of hydrogen-bond donors (Lipinski definition) is 1. The number of thioether (sulfide) groups is 1. The first kappa shape index (κ1) is 19.0. The molecule has 1 aromatic carbocycles. The standard InChI is InChI=1S/C20H22ClN3OS2/c21-16-3-1-14(2-4-16)19(20(25)23-22-17-7-10-26-11-8-17)24-9-5-18-15(13-24)6-12-27-18/h1-4,6,12,19H,5,7-11,13H2,(H,23,25). The Bertz CT molecular complexity index is 826. The monoisotopic (exact) mass is 419 g/mol. The van der Waals surface area contributed by atoms with Gasteiger partial charge in [-0.05, 0) is 65.5 Å². The molecule has 1 fully saturated rings. The molecular formula is C20H22ClN3OS2. The number of hydrazone groups is 1. The molecule has 0 saturated carbocycles. The third-order valence-corrected chi connectivity index (χ3v) is 7.29. The van der Waals surface area contributed by atoms with Gasteiger partial charge < -0.3 is 0 Å². The molecule has 0 radical (unpaired) electrons. The number of carbonyl (C=O) groups excluding carboxylic acids is 1. The molecule has 4 rings (SSSR count). The third kappa shape index (κ3) is 4.57. The maximum atomic E-state index is 13.1. The van der Waals surface area contributed by atoms with Gasteiger partial charge in [-0.25, -0.2) is 5.43 Å². The molecule has 2 aromatic rings. The van der Waals surface area contributed by atoms with Crippen LogP contribution >= 0.6 is 34.7 Å². The Labute approximate surface area is 173 Å². The number of halogens is 1. The van der Waals surface area contributed by atoms with Crippen LogP contribution < -0.4 is 5.43 Å². The topological polar surface area (TPSA) is 44.7 Å². The Morgan fingerprint density at radius 2 is 1.93 bits per heavy atom. The van der Waals surface area contributed by atoms with Gasteiger partial charge in [0.15, 0.2) is 0 Å². The van der Waals surface area contributed by atoms with Crippen molar-refractivity contribution in [3.05, 3.63) is 56.7 Å². The minimum atomic E-state index is -0.363. The normalized spacial score (nSPS) is 18.6. The van der Waals surface area contributed by atoms with Crippen molar-refractivity contribution in [1.82, 2.24) is 10.3 Å². The van der Waals surface area contributed by atoms with Crippen LogP contribution in [0.25, 0.3) is 0 Å². The number of amides is 1. The number of hydrogen-bond acceptors (Lipinski definition) is 5. The summed E-state index contributed by atoms with van der Waals surface area (Å²) < 4.78 is 0. The second kappa shape index (κ2) is 8.78. The molecule has 2 aliphatic heterocycles. The van der Waals surface area contributed by atoms with Crippen molar-refractivity contribution >= 4 is 46.3 Å². The van der Waals surface area contributed by atoms with Gasteiger partial charge in [-0.1, -0.05) is 23.7 Å². The predicted octanol–water partition coefficient (Wildman–Crippen LogP) is 4.50. The number of carbonyl (C=O) groups is 1. The SMILES string of the molecule is O=C(NN=C1CCSCC1)C(c1ccc(Cl)cc1)N1CCc2sccc2C1. The Hall–Kier alpha value is -1.34. The maximum Gasteiger partial charge on any atom is 0.262 e. The first-order valence-corrected chi connectivity index (χ1v) is 11.6. The van der Waals surface area contributed by atoms with Gasteiger partial charge in [0, 0.05) is 28.7 Å². The van der Waals surface area contributed by atoms with Crippen LogP contribution in [-0.4, -0.2) is 34.6 Å². The third-order valence-electron chi connectivity index (χ3n) is 5.03. The summed E-state index contributed by atoms with van der Waals surface area (Å²) in [7, 11) is 0. The zero-order chi connectivity index (χ0) is 18.6. The Morgan fingerprint density at radius 3 is 2.70 bits per heavy atom. The number of nitrogens with one attached hydrogen (secondary N) is 1. The van der Waals surface area contributed by atoms with Gasteiger partial charge in [-0.3, -0.25) is 9.69 Å². The van der Waals surface area contributed by atoms with Crippen LogP contribution in [0.15, 0.2) is 40.8 Å². The molecule has 1 atom stereocenters. The molecule has 27 heavy (non-hydrogen) atoms. The zero-order valence-electron chi connectivity index (χ0n) is 15.0. The number of nitrogens with zero attached hydrogens (tertiary/aromatic N) is 2. The Morgan fingerprint density at radius 1 is 1.15 bits per heavy atom. The van der Waals surface area contributed by atoms with Crippen molar-refractivity contribution in [2.75, 3.05) is 18.1 Å². The van der Waals surface area contributed by atoms with Crippen LogP contribution in [0.2, 0.25) is 5.02 Å². The van der Waals surface area contributed by atoms with E-state index in [-0.39, 0.29) is 11.9 Å². The van der Waals surface area contributed by atoms with Crippen LogP contribution in [0.5, 0.6) is 0 Å². The highest BCUT2D eigenvalue weighted by Crippen LogP contribution is 2.31. The molecule has 3 heterocycles. The lowest BCUT2D eigenvalue weighted by Gasteiger charge is -2.33. The molecule has 1 amide bonds. The average Bonchev–Trinajstić information content (AvgIpc) is 3.17. The molecule has 1 N–H and O–H groups in total. The van der Waals surface area contributed by atoms with Crippen LogP contribution in [0.4, 0.5) is 0 Å². The van der Waals surface area contributed by atoms with Gasteiger partial charge in [0.05, 0.1) is 0 Å². The number of fused-ring (bicyclic) bond motifs is 1. The Balaban J connectivity index is 1.56. The van der Waals surface area contributed by atoms with Gasteiger partial charge in [-0.15, -0.1) is 11.3 Å². The molecule has 4 nitrogen and oxygen atoms in total. The van der Waals surface area contributed by atoms with Gasteiger partial charge in [0.2, 0.25) is 0 Å². The van der Waals surface area contributed by atoms with Crippen molar-refractivity contribution in [1.29, 1.82) is 0 Å². The van der Waals surface area contributed by atoms with Crippen molar-refractivity contribution in [2.24, 2.45) is 5.10 Å². The summed E-state index contributed by atoms with van der Waals surface area (Å²) in [6, 6.07) is 9.39. The lowest BCUT2D eigenvalue weighted by Crippen LogP contribution is -2.41. The molecule has 1 unspecified atom stereocenters. The fraction of sp³-hybridized carbons (Fsp3) is 0.400. The Kier molecular flexibility index (Phi) is 6.18. The van der Waals surface area contributed by atoms with Gasteiger partial charge in [0.25, 0.3) is 5.91 Å². The fourth-order valence-corrected chi connectivity index (χ4v) is 5.56. The van der Waals surface area contributed by atoms with E-state index in [9.17, 15) is 4.79 Å². The summed E-state index contributed by atoms with van der Waals surface area (Å²) in [5.74, 6) is 2.10. The molecule has 2 aliphatic rings.